The normalized spacial score (nSPS) is 10.0. The Hall–Kier alpha value is -2.83. The number of nitrogens with zero attached hydrogens (tertiary/aromatic N) is 2. The van der Waals surface area contributed by atoms with Gasteiger partial charge in [0, 0.05) is 5.56 Å². The van der Waals surface area contributed by atoms with E-state index < -0.39 is 11.9 Å². The third-order valence-electron chi connectivity index (χ3n) is 2.20. The molecule has 1 aromatic carbocycles. The summed E-state index contributed by atoms with van der Waals surface area (Å²) in [7, 11) is 0. The monoisotopic (exact) mass is 245 g/mol. The molecule has 0 saturated heterocycles. The van der Waals surface area contributed by atoms with Gasteiger partial charge in [-0.05, 0) is 0 Å². The maximum atomic E-state index is 10.8. The quantitative estimate of drug-likeness (QED) is 0.625. The number of urea groups is 1. The first-order chi connectivity index (χ1) is 8.58. The molecule has 0 aliphatic heterocycles. The second kappa shape index (κ2) is 4.58. The zero-order chi connectivity index (χ0) is 13.1. The second-order valence-electron chi connectivity index (χ2n) is 3.49. The van der Waals surface area contributed by atoms with Crippen molar-refractivity contribution >= 4 is 17.5 Å². The van der Waals surface area contributed by atoms with Gasteiger partial charge in [-0.25, -0.2) is 9.78 Å². The van der Waals surface area contributed by atoms with Gasteiger partial charge in [0.25, 0.3) is 0 Å². The van der Waals surface area contributed by atoms with E-state index in [0.29, 0.717) is 5.56 Å². The van der Waals surface area contributed by atoms with E-state index in [1.54, 1.807) is 24.3 Å². The van der Waals surface area contributed by atoms with Gasteiger partial charge in [0.2, 0.25) is 5.88 Å². The predicted molar refractivity (Wildman–Crippen MR) is 66.8 cm³/mol. The van der Waals surface area contributed by atoms with Crippen molar-refractivity contribution in [3.8, 4) is 17.3 Å². The van der Waals surface area contributed by atoms with E-state index in [2.05, 4.69) is 15.3 Å². The van der Waals surface area contributed by atoms with Crippen LogP contribution in [0.5, 0.6) is 5.88 Å². The molecule has 18 heavy (non-hydrogen) atoms. The fourth-order valence-electron chi connectivity index (χ4n) is 1.39. The lowest BCUT2D eigenvalue weighted by atomic mass is 10.2. The van der Waals surface area contributed by atoms with Crippen LogP contribution >= 0.6 is 0 Å². The number of nitrogen functional groups attached to an aromatic ring is 1. The molecule has 2 amide bonds. The summed E-state index contributed by atoms with van der Waals surface area (Å²) in [6.07, 6.45) is 0. The van der Waals surface area contributed by atoms with Crippen LogP contribution in [0.15, 0.2) is 30.3 Å². The lowest BCUT2D eigenvalue weighted by Gasteiger charge is -2.08. The molecule has 0 aliphatic carbocycles. The maximum absolute atomic E-state index is 10.8. The molecular formula is C11H11N5O2. The van der Waals surface area contributed by atoms with Gasteiger partial charge in [0.1, 0.15) is 5.69 Å². The van der Waals surface area contributed by atoms with Crippen LogP contribution < -0.4 is 16.8 Å². The van der Waals surface area contributed by atoms with Gasteiger partial charge in [0.05, 0.1) is 0 Å². The molecule has 0 radical (unpaired) electrons. The summed E-state index contributed by atoms with van der Waals surface area (Å²) in [4.78, 5) is 18.7. The zero-order valence-corrected chi connectivity index (χ0v) is 9.29. The first kappa shape index (κ1) is 11.6. The number of aromatic hydroxyl groups is 1. The highest BCUT2D eigenvalue weighted by molar-refractivity contribution is 5.91. The van der Waals surface area contributed by atoms with Crippen molar-refractivity contribution in [2.24, 2.45) is 5.73 Å². The van der Waals surface area contributed by atoms with Gasteiger partial charge < -0.3 is 16.6 Å². The van der Waals surface area contributed by atoms with E-state index in [1.165, 1.54) is 0 Å². The van der Waals surface area contributed by atoms with E-state index >= 15 is 0 Å². The lowest BCUT2D eigenvalue weighted by Crippen LogP contribution is -2.21. The van der Waals surface area contributed by atoms with Crippen LogP contribution in [0, 0.1) is 0 Å². The summed E-state index contributed by atoms with van der Waals surface area (Å²) < 4.78 is 0. The Morgan fingerprint density at radius 1 is 1.22 bits per heavy atom. The van der Waals surface area contributed by atoms with E-state index in [4.69, 9.17) is 11.5 Å². The van der Waals surface area contributed by atoms with Crippen LogP contribution in [0.2, 0.25) is 0 Å². The molecule has 2 aromatic rings. The molecule has 7 heteroatoms. The lowest BCUT2D eigenvalue weighted by molar-refractivity contribution is 0.259. The second-order valence-corrected chi connectivity index (χ2v) is 3.49. The van der Waals surface area contributed by atoms with Crippen molar-refractivity contribution in [2.45, 2.75) is 0 Å². The van der Waals surface area contributed by atoms with Crippen LogP contribution in [0.25, 0.3) is 11.4 Å². The van der Waals surface area contributed by atoms with Gasteiger partial charge in [-0.1, -0.05) is 30.3 Å². The van der Waals surface area contributed by atoms with Crippen LogP contribution in [0.4, 0.5) is 16.3 Å². The van der Waals surface area contributed by atoms with Gasteiger partial charge in [-0.15, -0.1) is 0 Å². The average molecular weight is 245 g/mol. The fourth-order valence-corrected chi connectivity index (χ4v) is 1.39. The number of aromatic nitrogens is 2. The number of anilines is 2. The van der Waals surface area contributed by atoms with Crippen molar-refractivity contribution in [1.82, 2.24) is 9.97 Å². The molecule has 0 unspecified atom stereocenters. The molecule has 1 heterocycles. The third-order valence-corrected chi connectivity index (χ3v) is 2.20. The summed E-state index contributed by atoms with van der Waals surface area (Å²) in [5.41, 5.74) is 11.1. The Morgan fingerprint density at radius 2 is 1.89 bits per heavy atom. The number of nitrogens with one attached hydrogen (secondary N) is 1. The molecule has 0 fully saturated rings. The molecule has 2 rings (SSSR count). The summed E-state index contributed by atoms with van der Waals surface area (Å²) >= 11 is 0. The van der Waals surface area contributed by atoms with Gasteiger partial charge >= 0.3 is 6.03 Å². The highest BCUT2D eigenvalue weighted by Crippen LogP contribution is 2.28. The SMILES string of the molecule is NC(=O)Nc1nc(-c2ccccc2)nc(O)c1N. The van der Waals surface area contributed by atoms with Crippen LogP contribution in [0.1, 0.15) is 0 Å². The smallest absolute Gasteiger partial charge is 0.317 e. The highest BCUT2D eigenvalue weighted by atomic mass is 16.3. The predicted octanol–water partition coefficient (Wildman–Crippen LogP) is 0.922. The minimum Gasteiger partial charge on any atom is -0.492 e. The Kier molecular flexibility index (Phi) is 2.96. The third kappa shape index (κ3) is 2.29. The Balaban J connectivity index is 2.51. The first-order valence-corrected chi connectivity index (χ1v) is 5.06. The Labute approximate surface area is 102 Å². The van der Waals surface area contributed by atoms with Gasteiger partial charge in [0.15, 0.2) is 11.6 Å². The molecule has 0 atom stereocenters. The number of carbonyl (C=O) groups is 1. The van der Waals surface area contributed by atoms with Crippen molar-refractivity contribution in [2.75, 3.05) is 11.1 Å². The molecule has 0 bridgehead atoms. The van der Waals surface area contributed by atoms with Gasteiger partial charge in [-0.3, -0.25) is 5.32 Å². The van der Waals surface area contributed by atoms with E-state index in [1.807, 2.05) is 6.07 Å². The number of amides is 2. The minimum atomic E-state index is -0.821. The van der Waals surface area contributed by atoms with E-state index in [-0.39, 0.29) is 17.3 Å². The topological polar surface area (TPSA) is 127 Å². The summed E-state index contributed by atoms with van der Waals surface area (Å²) in [6, 6.07) is 8.14. The molecule has 7 nitrogen and oxygen atoms in total. The summed E-state index contributed by atoms with van der Waals surface area (Å²) in [5, 5.41) is 11.8. The Bertz CT molecular complexity index is 585. The number of rotatable bonds is 2. The van der Waals surface area contributed by atoms with E-state index in [0.717, 1.165) is 0 Å². The molecule has 0 spiro atoms. The Morgan fingerprint density at radius 3 is 2.50 bits per heavy atom. The number of benzene rings is 1. The number of carbonyl (C=O) groups excluding carboxylic acids is 1. The van der Waals surface area contributed by atoms with Crippen LogP contribution in [-0.4, -0.2) is 21.1 Å². The molecular weight excluding hydrogens is 234 g/mol. The molecule has 0 aliphatic rings. The zero-order valence-electron chi connectivity index (χ0n) is 9.29. The van der Waals surface area contributed by atoms with Crippen molar-refractivity contribution in [3.63, 3.8) is 0 Å². The number of nitrogens with two attached hydrogens (primary N) is 2. The number of primary amides is 1. The molecule has 92 valence electrons. The first-order valence-electron chi connectivity index (χ1n) is 5.06. The van der Waals surface area contributed by atoms with Crippen LogP contribution in [0.3, 0.4) is 0 Å². The van der Waals surface area contributed by atoms with E-state index in [9.17, 15) is 9.90 Å². The number of hydrogen-bond acceptors (Lipinski definition) is 5. The maximum Gasteiger partial charge on any atom is 0.317 e. The fraction of sp³-hybridized carbons (Fsp3) is 0. The van der Waals surface area contributed by atoms with Crippen molar-refractivity contribution in [1.29, 1.82) is 0 Å². The minimum absolute atomic E-state index is 0.0196. The molecule has 1 aromatic heterocycles. The van der Waals surface area contributed by atoms with Crippen molar-refractivity contribution in [3.05, 3.63) is 30.3 Å². The molecule has 6 N–H and O–H groups in total. The van der Waals surface area contributed by atoms with Crippen molar-refractivity contribution < 1.29 is 9.90 Å². The standard InChI is InChI=1S/C11H11N5O2/c12-7-9(16-11(13)18)14-8(15-10(7)17)6-4-2-1-3-5-6/h1-5H,12H2,(H4,13,14,15,16,17,18). The molecule has 0 saturated carbocycles. The average Bonchev–Trinajstić information content (AvgIpc) is 2.35. The number of hydrogen-bond donors (Lipinski definition) is 4. The highest BCUT2D eigenvalue weighted by Gasteiger charge is 2.13. The summed E-state index contributed by atoms with van der Waals surface area (Å²) in [6.45, 7) is 0. The van der Waals surface area contributed by atoms with Crippen LogP contribution in [-0.2, 0) is 0 Å². The summed E-state index contributed by atoms with van der Waals surface area (Å²) in [5.74, 6) is -0.187. The largest absolute Gasteiger partial charge is 0.492 e. The van der Waals surface area contributed by atoms with Gasteiger partial charge in [-0.2, -0.15) is 4.98 Å².